The van der Waals surface area contributed by atoms with E-state index in [9.17, 15) is 4.79 Å². The zero-order valence-electron chi connectivity index (χ0n) is 13.9. The Labute approximate surface area is 133 Å². The summed E-state index contributed by atoms with van der Waals surface area (Å²) < 4.78 is 11.4. The Bertz CT molecular complexity index is 514. The minimum atomic E-state index is -0.539. The molecule has 0 aliphatic heterocycles. The van der Waals surface area contributed by atoms with Crippen molar-refractivity contribution in [2.75, 3.05) is 12.3 Å². The number of hydrogen-bond donors (Lipinski definition) is 1. The number of hydrogen-bond acceptors (Lipinski definition) is 4. The summed E-state index contributed by atoms with van der Waals surface area (Å²) in [7, 11) is 0. The average molecular weight is 305 g/mol. The molecule has 0 radical (unpaired) electrons. The van der Waals surface area contributed by atoms with Gasteiger partial charge >= 0.3 is 5.97 Å². The highest BCUT2D eigenvalue weighted by atomic mass is 16.6. The summed E-state index contributed by atoms with van der Waals surface area (Å²) in [5, 5.41) is 0. The second kappa shape index (κ2) is 7.03. The summed E-state index contributed by atoms with van der Waals surface area (Å²) in [6, 6.07) is 5.22. The Morgan fingerprint density at radius 1 is 1.23 bits per heavy atom. The molecule has 0 heterocycles. The number of ether oxygens (including phenoxy) is 2. The fraction of sp³-hybridized carbons (Fsp3) is 0.611. The number of carbonyl (C=O) groups excluding carboxylic acids is 1. The first-order chi connectivity index (χ1) is 10.4. The maximum atomic E-state index is 12.3. The molecule has 0 atom stereocenters. The van der Waals surface area contributed by atoms with E-state index in [2.05, 4.69) is 0 Å². The van der Waals surface area contributed by atoms with E-state index in [0.29, 0.717) is 29.5 Å². The Morgan fingerprint density at radius 3 is 2.55 bits per heavy atom. The standard InChI is InChI=1S/C18H27NO3/c1-18(2,3)22-17(20)14-10-7-11-15(19)16(14)21-12-13-8-5-4-6-9-13/h7,10-11,13H,4-6,8-9,12,19H2,1-3H3. The molecule has 22 heavy (non-hydrogen) atoms. The van der Waals surface area contributed by atoms with Crippen LogP contribution in [0.4, 0.5) is 5.69 Å². The second-order valence-electron chi connectivity index (χ2n) is 7.04. The maximum absolute atomic E-state index is 12.3. The van der Waals surface area contributed by atoms with Crippen LogP contribution in [0.25, 0.3) is 0 Å². The van der Waals surface area contributed by atoms with E-state index in [1.807, 2.05) is 20.8 Å². The van der Waals surface area contributed by atoms with Gasteiger partial charge in [-0.2, -0.15) is 0 Å². The van der Waals surface area contributed by atoms with Crippen LogP contribution in [0.3, 0.4) is 0 Å². The molecule has 1 saturated carbocycles. The third-order valence-electron chi connectivity index (χ3n) is 3.85. The van der Waals surface area contributed by atoms with Crippen LogP contribution in [-0.2, 0) is 4.74 Å². The van der Waals surface area contributed by atoms with Gasteiger partial charge < -0.3 is 15.2 Å². The van der Waals surface area contributed by atoms with Crippen molar-refractivity contribution < 1.29 is 14.3 Å². The largest absolute Gasteiger partial charge is 0.490 e. The first-order valence-corrected chi connectivity index (χ1v) is 8.11. The molecule has 4 heteroatoms. The smallest absolute Gasteiger partial charge is 0.342 e. The van der Waals surface area contributed by atoms with Crippen molar-refractivity contribution in [3.63, 3.8) is 0 Å². The normalized spacial score (nSPS) is 16.3. The van der Waals surface area contributed by atoms with Crippen molar-refractivity contribution in [3.8, 4) is 5.75 Å². The molecule has 1 aromatic rings. The van der Waals surface area contributed by atoms with E-state index < -0.39 is 11.6 Å². The zero-order valence-corrected chi connectivity index (χ0v) is 13.9. The molecule has 1 fully saturated rings. The predicted molar refractivity (Wildman–Crippen MR) is 88.1 cm³/mol. The molecule has 0 aromatic heterocycles. The zero-order chi connectivity index (χ0) is 16.2. The number of benzene rings is 1. The van der Waals surface area contributed by atoms with Crippen molar-refractivity contribution in [3.05, 3.63) is 23.8 Å². The Kier molecular flexibility index (Phi) is 5.33. The van der Waals surface area contributed by atoms with Gasteiger partial charge in [-0.15, -0.1) is 0 Å². The summed E-state index contributed by atoms with van der Waals surface area (Å²) in [5.74, 6) is 0.626. The second-order valence-corrected chi connectivity index (χ2v) is 7.04. The van der Waals surface area contributed by atoms with Crippen LogP contribution >= 0.6 is 0 Å². The first-order valence-electron chi connectivity index (χ1n) is 8.11. The van der Waals surface area contributed by atoms with Crippen LogP contribution in [0, 0.1) is 5.92 Å². The quantitative estimate of drug-likeness (QED) is 0.669. The van der Waals surface area contributed by atoms with E-state index in [1.165, 1.54) is 32.1 Å². The van der Waals surface area contributed by atoms with Gasteiger partial charge in [-0.25, -0.2) is 4.79 Å². The van der Waals surface area contributed by atoms with Crippen LogP contribution in [0.2, 0.25) is 0 Å². The van der Waals surface area contributed by atoms with E-state index in [1.54, 1.807) is 18.2 Å². The lowest BCUT2D eigenvalue weighted by Crippen LogP contribution is -2.25. The third-order valence-corrected chi connectivity index (χ3v) is 3.85. The summed E-state index contributed by atoms with van der Waals surface area (Å²) in [4.78, 5) is 12.3. The van der Waals surface area contributed by atoms with E-state index in [-0.39, 0.29) is 0 Å². The van der Waals surface area contributed by atoms with Gasteiger partial charge in [-0.3, -0.25) is 0 Å². The van der Waals surface area contributed by atoms with Gasteiger partial charge in [0.05, 0.1) is 12.3 Å². The van der Waals surface area contributed by atoms with Crippen LogP contribution in [-0.4, -0.2) is 18.2 Å². The van der Waals surface area contributed by atoms with Crippen molar-refractivity contribution in [2.45, 2.75) is 58.5 Å². The van der Waals surface area contributed by atoms with Crippen LogP contribution in [0.5, 0.6) is 5.75 Å². The molecule has 0 spiro atoms. The van der Waals surface area contributed by atoms with Crippen LogP contribution < -0.4 is 10.5 Å². The molecule has 1 aliphatic carbocycles. The fourth-order valence-electron chi connectivity index (χ4n) is 2.76. The lowest BCUT2D eigenvalue weighted by molar-refractivity contribution is 0.00651. The van der Waals surface area contributed by atoms with Gasteiger partial charge in [0.15, 0.2) is 5.75 Å². The van der Waals surface area contributed by atoms with Gasteiger partial charge in [-0.05, 0) is 51.7 Å². The summed E-state index contributed by atoms with van der Waals surface area (Å²) in [5.41, 5.74) is 6.36. The summed E-state index contributed by atoms with van der Waals surface area (Å²) >= 11 is 0. The molecule has 122 valence electrons. The number of nitrogen functional groups attached to an aromatic ring is 1. The highest BCUT2D eigenvalue weighted by Crippen LogP contribution is 2.30. The molecule has 2 rings (SSSR count). The number of anilines is 1. The fourth-order valence-corrected chi connectivity index (χ4v) is 2.76. The first kappa shape index (κ1) is 16.7. The van der Waals surface area contributed by atoms with Crippen molar-refractivity contribution >= 4 is 11.7 Å². The van der Waals surface area contributed by atoms with E-state index >= 15 is 0 Å². The maximum Gasteiger partial charge on any atom is 0.342 e. The monoisotopic (exact) mass is 305 g/mol. The highest BCUT2D eigenvalue weighted by molar-refractivity contribution is 5.94. The Hall–Kier alpha value is -1.71. The topological polar surface area (TPSA) is 61.5 Å². The minimum Gasteiger partial charge on any atom is -0.490 e. The van der Waals surface area contributed by atoms with Crippen molar-refractivity contribution in [1.29, 1.82) is 0 Å². The van der Waals surface area contributed by atoms with Crippen LogP contribution in [0.15, 0.2) is 18.2 Å². The molecular weight excluding hydrogens is 278 g/mol. The lowest BCUT2D eigenvalue weighted by Gasteiger charge is -2.24. The average Bonchev–Trinajstić information content (AvgIpc) is 2.45. The van der Waals surface area contributed by atoms with E-state index in [4.69, 9.17) is 15.2 Å². The van der Waals surface area contributed by atoms with E-state index in [0.717, 1.165) is 0 Å². The SMILES string of the molecule is CC(C)(C)OC(=O)c1cccc(N)c1OCC1CCCCC1. The molecule has 0 bridgehead atoms. The van der Waals surface area contributed by atoms with Gasteiger partial charge in [0.25, 0.3) is 0 Å². The minimum absolute atomic E-state index is 0.390. The molecule has 0 saturated heterocycles. The highest BCUT2D eigenvalue weighted by Gasteiger charge is 2.23. The van der Waals surface area contributed by atoms with Crippen LogP contribution in [0.1, 0.15) is 63.2 Å². The number of para-hydroxylation sites is 1. The van der Waals surface area contributed by atoms with Gasteiger partial charge in [0, 0.05) is 0 Å². The number of carbonyl (C=O) groups is 1. The summed E-state index contributed by atoms with van der Waals surface area (Å²) in [6.07, 6.45) is 6.21. The Morgan fingerprint density at radius 2 is 1.91 bits per heavy atom. The number of nitrogens with two attached hydrogens (primary N) is 1. The van der Waals surface area contributed by atoms with Crippen molar-refractivity contribution in [1.82, 2.24) is 0 Å². The molecule has 2 N–H and O–H groups in total. The molecule has 1 aromatic carbocycles. The lowest BCUT2D eigenvalue weighted by atomic mass is 9.90. The number of esters is 1. The van der Waals surface area contributed by atoms with Crippen molar-refractivity contribution in [2.24, 2.45) is 5.92 Å². The molecule has 4 nitrogen and oxygen atoms in total. The predicted octanol–water partition coefficient (Wildman–Crippen LogP) is 4.18. The Balaban J connectivity index is 2.10. The molecular formula is C18H27NO3. The number of rotatable bonds is 4. The third kappa shape index (κ3) is 4.65. The summed E-state index contributed by atoms with van der Waals surface area (Å²) in [6.45, 7) is 6.16. The molecule has 0 unspecified atom stereocenters. The molecule has 0 amide bonds. The van der Waals surface area contributed by atoms with Gasteiger partial charge in [-0.1, -0.05) is 25.3 Å². The van der Waals surface area contributed by atoms with Gasteiger partial charge in [0.1, 0.15) is 11.2 Å². The molecule has 1 aliphatic rings. The van der Waals surface area contributed by atoms with Gasteiger partial charge in [0.2, 0.25) is 0 Å².